The molecule has 0 N–H and O–H groups in total. The van der Waals surface area contributed by atoms with Gasteiger partial charge in [0.15, 0.2) is 5.78 Å². The molecule has 0 aliphatic rings. The van der Waals surface area contributed by atoms with Gasteiger partial charge in [0, 0.05) is 4.90 Å². The molecule has 1 aromatic carbocycles. The monoisotopic (exact) mass is 190 g/mol. The highest BCUT2D eigenvalue weighted by molar-refractivity contribution is 8.00. The fourth-order valence-electron chi connectivity index (χ4n) is 0.845. The summed E-state index contributed by atoms with van der Waals surface area (Å²) in [5.41, 5.74) is 0. The Morgan fingerprint density at radius 3 is 2.69 bits per heavy atom. The summed E-state index contributed by atoms with van der Waals surface area (Å²) in [6.07, 6.45) is 5.25. The van der Waals surface area contributed by atoms with Gasteiger partial charge in [-0.05, 0) is 12.1 Å². The number of carbonyl (C=O) groups excluding carboxylic acids is 1. The minimum atomic E-state index is 0.108. The topological polar surface area (TPSA) is 17.1 Å². The number of hydrogen-bond donors (Lipinski definition) is 0. The molecule has 0 bridgehead atoms. The first-order valence-corrected chi connectivity index (χ1v) is 4.94. The number of benzene rings is 1. The van der Waals surface area contributed by atoms with Gasteiger partial charge < -0.3 is 0 Å². The summed E-state index contributed by atoms with van der Waals surface area (Å²) in [5, 5.41) is 0. The molecule has 0 amide bonds. The predicted molar refractivity (Wildman–Crippen MR) is 55.6 cm³/mol. The standard InChI is InChI=1S/C11H10OS/c1-2-6-10(12)9-13-11-7-4-3-5-8-11/h1,3-5,7-8H,6,9H2. The van der Waals surface area contributed by atoms with Crippen molar-refractivity contribution < 1.29 is 4.79 Å². The molecule has 0 aliphatic heterocycles. The van der Waals surface area contributed by atoms with Crippen molar-refractivity contribution in [3.05, 3.63) is 30.3 Å². The number of ketones is 1. The Morgan fingerprint density at radius 1 is 1.38 bits per heavy atom. The van der Waals surface area contributed by atoms with Crippen LogP contribution in [0.15, 0.2) is 35.2 Å². The quantitative estimate of drug-likeness (QED) is 0.535. The van der Waals surface area contributed by atoms with Gasteiger partial charge >= 0.3 is 0 Å². The van der Waals surface area contributed by atoms with E-state index in [4.69, 9.17) is 6.42 Å². The van der Waals surface area contributed by atoms with Gasteiger partial charge in [-0.1, -0.05) is 24.1 Å². The molecule has 0 atom stereocenters. The second-order valence-electron chi connectivity index (χ2n) is 2.52. The molecule has 0 saturated heterocycles. The Labute approximate surface area is 82.5 Å². The van der Waals surface area contributed by atoms with Crippen LogP contribution in [0.1, 0.15) is 6.42 Å². The van der Waals surface area contributed by atoms with E-state index in [1.54, 1.807) is 0 Å². The van der Waals surface area contributed by atoms with Gasteiger partial charge in [-0.2, -0.15) is 0 Å². The minimum Gasteiger partial charge on any atom is -0.298 e. The molecule has 0 unspecified atom stereocenters. The molecule has 0 radical (unpaired) electrons. The van der Waals surface area contributed by atoms with Crippen molar-refractivity contribution in [1.82, 2.24) is 0 Å². The third kappa shape index (κ3) is 3.82. The summed E-state index contributed by atoms with van der Waals surface area (Å²) in [7, 11) is 0. The summed E-state index contributed by atoms with van der Waals surface area (Å²) in [6, 6.07) is 9.82. The summed E-state index contributed by atoms with van der Waals surface area (Å²) < 4.78 is 0. The van der Waals surface area contributed by atoms with Crippen LogP contribution in [0.4, 0.5) is 0 Å². The van der Waals surface area contributed by atoms with E-state index in [1.807, 2.05) is 30.3 Å². The normalized spacial score (nSPS) is 9.15. The van der Waals surface area contributed by atoms with Crippen LogP contribution < -0.4 is 0 Å². The zero-order chi connectivity index (χ0) is 9.52. The molecule has 1 aromatic rings. The first kappa shape index (κ1) is 9.88. The first-order valence-electron chi connectivity index (χ1n) is 3.96. The molecule has 1 nitrogen and oxygen atoms in total. The zero-order valence-electron chi connectivity index (χ0n) is 7.19. The second kappa shape index (κ2) is 5.45. The number of rotatable bonds is 4. The number of carbonyl (C=O) groups is 1. The summed E-state index contributed by atoms with van der Waals surface area (Å²) in [6.45, 7) is 0. The molecule has 0 fully saturated rings. The smallest absolute Gasteiger partial charge is 0.154 e. The average Bonchev–Trinajstić information content (AvgIpc) is 2.17. The van der Waals surface area contributed by atoms with Crippen LogP contribution in [0.5, 0.6) is 0 Å². The summed E-state index contributed by atoms with van der Waals surface area (Å²) in [4.78, 5) is 12.2. The van der Waals surface area contributed by atoms with E-state index < -0.39 is 0 Å². The lowest BCUT2D eigenvalue weighted by Crippen LogP contribution is -1.98. The lowest BCUT2D eigenvalue weighted by Gasteiger charge is -1.97. The van der Waals surface area contributed by atoms with Crippen LogP contribution >= 0.6 is 11.8 Å². The molecule has 1 rings (SSSR count). The van der Waals surface area contributed by atoms with Gasteiger partial charge in [-0.15, -0.1) is 18.2 Å². The second-order valence-corrected chi connectivity index (χ2v) is 3.57. The van der Waals surface area contributed by atoms with E-state index in [0.717, 1.165) is 4.90 Å². The highest BCUT2D eigenvalue weighted by Crippen LogP contribution is 2.16. The minimum absolute atomic E-state index is 0.108. The van der Waals surface area contributed by atoms with Gasteiger partial charge in [0.25, 0.3) is 0 Å². The molecule has 66 valence electrons. The van der Waals surface area contributed by atoms with Crippen LogP contribution in [0.2, 0.25) is 0 Å². The largest absolute Gasteiger partial charge is 0.298 e. The Kier molecular flexibility index (Phi) is 4.14. The molecule has 13 heavy (non-hydrogen) atoms. The van der Waals surface area contributed by atoms with Crippen LogP contribution in [0.3, 0.4) is 0 Å². The maximum Gasteiger partial charge on any atom is 0.154 e. The maximum absolute atomic E-state index is 11.1. The van der Waals surface area contributed by atoms with Crippen molar-refractivity contribution in [2.75, 3.05) is 5.75 Å². The third-order valence-electron chi connectivity index (χ3n) is 1.44. The Hall–Kier alpha value is -1.20. The molecular weight excluding hydrogens is 180 g/mol. The van der Waals surface area contributed by atoms with Gasteiger partial charge in [-0.25, -0.2) is 0 Å². The van der Waals surface area contributed by atoms with Crippen LogP contribution in [-0.2, 0) is 4.79 Å². The van der Waals surface area contributed by atoms with E-state index in [0.29, 0.717) is 5.75 Å². The molecule has 2 heteroatoms. The lowest BCUT2D eigenvalue weighted by atomic mass is 10.3. The van der Waals surface area contributed by atoms with Crippen molar-refractivity contribution in [1.29, 1.82) is 0 Å². The van der Waals surface area contributed by atoms with E-state index in [1.165, 1.54) is 11.8 Å². The van der Waals surface area contributed by atoms with Crippen LogP contribution in [-0.4, -0.2) is 11.5 Å². The fraction of sp³-hybridized carbons (Fsp3) is 0.182. The molecule has 0 heterocycles. The van der Waals surface area contributed by atoms with Crippen LogP contribution in [0.25, 0.3) is 0 Å². The van der Waals surface area contributed by atoms with E-state index in [-0.39, 0.29) is 12.2 Å². The SMILES string of the molecule is C#CCC(=O)CSc1ccccc1. The highest BCUT2D eigenvalue weighted by atomic mass is 32.2. The van der Waals surface area contributed by atoms with Crippen LogP contribution in [0, 0.1) is 12.3 Å². The molecule has 0 saturated carbocycles. The Bertz CT molecular complexity index is 311. The zero-order valence-corrected chi connectivity index (χ0v) is 8.01. The number of thioether (sulfide) groups is 1. The van der Waals surface area contributed by atoms with Crippen molar-refractivity contribution in [2.45, 2.75) is 11.3 Å². The van der Waals surface area contributed by atoms with Gasteiger partial charge in [-0.3, -0.25) is 4.79 Å². The third-order valence-corrected chi connectivity index (χ3v) is 2.51. The number of hydrogen-bond acceptors (Lipinski definition) is 2. The summed E-state index contributed by atoms with van der Waals surface area (Å²) in [5.74, 6) is 2.92. The Balaban J connectivity index is 2.36. The number of terminal acetylenes is 1. The fourth-order valence-corrected chi connectivity index (χ4v) is 1.62. The lowest BCUT2D eigenvalue weighted by molar-refractivity contribution is -0.115. The van der Waals surface area contributed by atoms with Gasteiger partial charge in [0.2, 0.25) is 0 Å². The Morgan fingerprint density at radius 2 is 2.08 bits per heavy atom. The molecular formula is C11H10OS. The van der Waals surface area contributed by atoms with Gasteiger partial charge in [0.1, 0.15) is 0 Å². The molecule has 0 aromatic heterocycles. The highest BCUT2D eigenvalue weighted by Gasteiger charge is 1.99. The van der Waals surface area contributed by atoms with Crippen molar-refractivity contribution in [2.24, 2.45) is 0 Å². The van der Waals surface area contributed by atoms with Gasteiger partial charge in [0.05, 0.1) is 12.2 Å². The van der Waals surface area contributed by atoms with E-state index >= 15 is 0 Å². The first-order chi connectivity index (χ1) is 6.33. The van der Waals surface area contributed by atoms with E-state index in [2.05, 4.69) is 5.92 Å². The average molecular weight is 190 g/mol. The summed E-state index contributed by atoms with van der Waals surface area (Å²) >= 11 is 1.52. The van der Waals surface area contributed by atoms with Crippen molar-refractivity contribution in [3.63, 3.8) is 0 Å². The van der Waals surface area contributed by atoms with Crippen molar-refractivity contribution in [3.8, 4) is 12.3 Å². The van der Waals surface area contributed by atoms with Crippen molar-refractivity contribution >= 4 is 17.5 Å². The predicted octanol–water partition coefficient (Wildman–Crippen LogP) is 2.37. The molecule has 0 spiro atoms. The molecule has 0 aliphatic carbocycles. The number of Topliss-reactive ketones (excluding diaryl/α,β-unsaturated/α-hetero) is 1. The maximum atomic E-state index is 11.1. The van der Waals surface area contributed by atoms with E-state index in [9.17, 15) is 4.79 Å².